The molecule has 33 heavy (non-hydrogen) atoms. The van der Waals surface area contributed by atoms with Gasteiger partial charge in [0.15, 0.2) is 5.82 Å². The molecule has 1 atom stereocenters. The van der Waals surface area contributed by atoms with Crippen LogP contribution in [0.3, 0.4) is 0 Å². The van der Waals surface area contributed by atoms with Crippen LogP contribution in [0.2, 0.25) is 0 Å². The minimum Gasteiger partial charge on any atom is -0.387 e. The smallest absolute Gasteiger partial charge is 0.274 e. The van der Waals surface area contributed by atoms with Crippen LogP contribution in [0.5, 0.6) is 0 Å². The first-order valence-electron chi connectivity index (χ1n) is 11.2. The van der Waals surface area contributed by atoms with Gasteiger partial charge in [-0.15, -0.1) is 11.3 Å². The molecule has 178 valence electrons. The van der Waals surface area contributed by atoms with Gasteiger partial charge in [0.1, 0.15) is 0 Å². The molecule has 1 aromatic carbocycles. The van der Waals surface area contributed by atoms with E-state index in [1.165, 1.54) is 35.7 Å². The molecule has 3 rings (SSSR count). The summed E-state index contributed by atoms with van der Waals surface area (Å²) in [6.07, 6.45) is 7.26. The fraction of sp³-hybridized carbons (Fsp3) is 0.417. The maximum Gasteiger partial charge on any atom is 0.274 e. The molecule has 7 nitrogen and oxygen atoms in total. The van der Waals surface area contributed by atoms with E-state index in [0.29, 0.717) is 12.4 Å². The minimum atomic E-state index is -0.741. The first kappa shape index (κ1) is 25.3. The number of thioether (sulfide) groups is 1. The number of aliphatic hydroxyl groups excluding tert-OH is 1. The molecule has 1 aromatic heterocycles. The minimum absolute atomic E-state index is 0.188. The van der Waals surface area contributed by atoms with Crippen molar-refractivity contribution in [2.45, 2.75) is 24.7 Å². The molecule has 0 aliphatic carbocycles. The molecule has 0 saturated carbocycles. The highest BCUT2D eigenvalue weighted by Gasteiger charge is 2.10. The van der Waals surface area contributed by atoms with Crippen molar-refractivity contribution in [2.24, 2.45) is 0 Å². The average Bonchev–Trinajstić information content (AvgIpc) is 3.49. The summed E-state index contributed by atoms with van der Waals surface area (Å²) in [5.41, 5.74) is 0.766. The Bertz CT molecular complexity index is 911. The lowest BCUT2D eigenvalue weighted by Crippen LogP contribution is -2.31. The summed E-state index contributed by atoms with van der Waals surface area (Å²) in [6.45, 7) is 4.24. The van der Waals surface area contributed by atoms with Crippen LogP contribution in [0.4, 0.5) is 0 Å². The van der Waals surface area contributed by atoms with Crippen molar-refractivity contribution in [3.05, 3.63) is 86.0 Å². The Morgan fingerprint density at radius 1 is 1.21 bits per heavy atom. The van der Waals surface area contributed by atoms with Gasteiger partial charge < -0.3 is 15.7 Å². The zero-order valence-corrected chi connectivity index (χ0v) is 20.3. The maximum atomic E-state index is 10.9. The number of nitro groups is 1. The lowest BCUT2D eigenvalue weighted by Gasteiger charge is -2.15. The highest BCUT2D eigenvalue weighted by molar-refractivity contribution is 7.98. The second-order valence-corrected chi connectivity index (χ2v) is 10.1. The molecule has 9 heteroatoms. The number of hydrogen-bond donors (Lipinski definition) is 3. The number of thiophene rings is 1. The van der Waals surface area contributed by atoms with E-state index in [0.717, 1.165) is 29.8 Å². The van der Waals surface area contributed by atoms with Crippen molar-refractivity contribution in [3.63, 3.8) is 0 Å². The van der Waals surface area contributed by atoms with Gasteiger partial charge in [-0.3, -0.25) is 15.0 Å². The van der Waals surface area contributed by atoms with Gasteiger partial charge >= 0.3 is 0 Å². The lowest BCUT2D eigenvalue weighted by molar-refractivity contribution is -0.404. The van der Waals surface area contributed by atoms with Crippen molar-refractivity contribution >= 4 is 29.2 Å². The van der Waals surface area contributed by atoms with E-state index in [-0.39, 0.29) is 6.54 Å². The summed E-state index contributed by atoms with van der Waals surface area (Å²) in [7, 11) is 0. The Morgan fingerprint density at radius 2 is 2.00 bits per heavy atom. The van der Waals surface area contributed by atoms with Crippen molar-refractivity contribution in [1.29, 1.82) is 0 Å². The molecule has 0 amide bonds. The highest BCUT2D eigenvalue weighted by atomic mass is 32.2. The third-order valence-electron chi connectivity index (χ3n) is 5.24. The molecule has 0 radical (unpaired) electrons. The van der Waals surface area contributed by atoms with Crippen LogP contribution in [0.25, 0.3) is 6.08 Å². The second kappa shape index (κ2) is 14.0. The SMILES string of the molecule is O=[N+]([O-])/C=C(/NCCSCc1ccc(/C=C/CN2CCCC2)s1)NCC(O)c1ccccc1. The molecule has 2 heterocycles. The number of hydrogen-bond acceptors (Lipinski definition) is 8. The van der Waals surface area contributed by atoms with Crippen LogP contribution in [-0.4, -0.2) is 53.4 Å². The molecule has 3 N–H and O–H groups in total. The van der Waals surface area contributed by atoms with Crippen molar-refractivity contribution in [1.82, 2.24) is 15.5 Å². The summed E-state index contributed by atoms with van der Waals surface area (Å²) >= 11 is 3.60. The second-order valence-electron chi connectivity index (χ2n) is 7.83. The fourth-order valence-electron chi connectivity index (χ4n) is 3.53. The Balaban J connectivity index is 1.34. The molecular weight excluding hydrogens is 456 g/mol. The zero-order chi connectivity index (χ0) is 23.3. The van der Waals surface area contributed by atoms with Gasteiger partial charge in [0, 0.05) is 40.9 Å². The van der Waals surface area contributed by atoms with Gasteiger partial charge in [-0.1, -0.05) is 36.4 Å². The standard InChI is InChI=1S/C24H32N4O3S2/c29-23(20-7-2-1-3-8-20)17-26-24(18-28(30)31)25-12-16-32-19-22-11-10-21(33-22)9-6-15-27-13-4-5-14-27/h1-3,6-11,18,23,25-26,29H,4-5,12-17,19H2/b9-6+,24-18-. The third kappa shape index (κ3) is 9.59. The molecule has 1 saturated heterocycles. The summed E-state index contributed by atoms with van der Waals surface area (Å²) < 4.78 is 0. The largest absolute Gasteiger partial charge is 0.387 e. The van der Waals surface area contributed by atoms with E-state index in [1.54, 1.807) is 11.8 Å². The predicted molar refractivity (Wildman–Crippen MR) is 138 cm³/mol. The number of aliphatic hydroxyl groups is 1. The normalized spacial score (nSPS) is 15.7. The molecular formula is C24H32N4O3S2. The maximum absolute atomic E-state index is 10.9. The van der Waals surface area contributed by atoms with Crippen LogP contribution in [0, 0.1) is 10.1 Å². The monoisotopic (exact) mass is 488 g/mol. The summed E-state index contributed by atoms with van der Waals surface area (Å²) in [5, 5.41) is 27.2. The summed E-state index contributed by atoms with van der Waals surface area (Å²) in [5.74, 6) is 2.04. The van der Waals surface area contributed by atoms with Gasteiger partial charge in [0.25, 0.3) is 6.20 Å². The fourth-order valence-corrected chi connectivity index (χ4v) is 5.45. The molecule has 1 aliphatic heterocycles. The number of rotatable bonds is 14. The van der Waals surface area contributed by atoms with Crippen LogP contribution in [-0.2, 0) is 5.75 Å². The zero-order valence-electron chi connectivity index (χ0n) is 18.7. The lowest BCUT2D eigenvalue weighted by atomic mass is 10.1. The molecule has 1 unspecified atom stereocenters. The van der Waals surface area contributed by atoms with Crippen molar-refractivity contribution < 1.29 is 10.0 Å². The first-order chi connectivity index (χ1) is 16.1. The Kier molecular flexibility index (Phi) is 10.8. The van der Waals surface area contributed by atoms with Gasteiger partial charge in [-0.05, 0) is 49.7 Å². The van der Waals surface area contributed by atoms with E-state index >= 15 is 0 Å². The third-order valence-corrected chi connectivity index (χ3v) is 7.48. The molecule has 2 aromatic rings. The van der Waals surface area contributed by atoms with E-state index in [4.69, 9.17) is 0 Å². The highest BCUT2D eigenvalue weighted by Crippen LogP contribution is 2.22. The Hall–Kier alpha value is -2.33. The number of nitrogens with zero attached hydrogens (tertiary/aromatic N) is 2. The van der Waals surface area contributed by atoms with Crippen molar-refractivity contribution in [3.8, 4) is 0 Å². The van der Waals surface area contributed by atoms with Gasteiger partial charge in [-0.2, -0.15) is 11.8 Å². The van der Waals surface area contributed by atoms with E-state index < -0.39 is 11.0 Å². The Morgan fingerprint density at radius 3 is 2.76 bits per heavy atom. The van der Waals surface area contributed by atoms with Crippen LogP contribution in [0.1, 0.15) is 34.3 Å². The van der Waals surface area contributed by atoms with E-state index in [9.17, 15) is 15.2 Å². The quantitative estimate of drug-likeness (QED) is 0.210. The van der Waals surface area contributed by atoms with Crippen LogP contribution < -0.4 is 10.6 Å². The van der Waals surface area contributed by atoms with Crippen LogP contribution >= 0.6 is 23.1 Å². The average molecular weight is 489 g/mol. The van der Waals surface area contributed by atoms with Crippen molar-refractivity contribution in [2.75, 3.05) is 38.5 Å². The number of likely N-dealkylation sites (tertiary alicyclic amines) is 1. The molecule has 1 fully saturated rings. The first-order valence-corrected chi connectivity index (χ1v) is 13.2. The van der Waals surface area contributed by atoms with E-state index in [1.807, 2.05) is 41.7 Å². The van der Waals surface area contributed by atoms with Gasteiger partial charge in [0.2, 0.25) is 0 Å². The topological polar surface area (TPSA) is 90.7 Å². The molecule has 0 spiro atoms. The summed E-state index contributed by atoms with van der Waals surface area (Å²) in [6, 6.07) is 13.6. The van der Waals surface area contributed by atoms with E-state index in [2.05, 4.69) is 39.8 Å². The van der Waals surface area contributed by atoms with Gasteiger partial charge in [-0.25, -0.2) is 0 Å². The molecule has 0 bridgehead atoms. The number of nitrogens with one attached hydrogen (secondary N) is 2. The summed E-state index contributed by atoms with van der Waals surface area (Å²) in [4.78, 5) is 15.5. The van der Waals surface area contributed by atoms with Gasteiger partial charge in [0.05, 0.1) is 11.0 Å². The predicted octanol–water partition coefficient (Wildman–Crippen LogP) is 4.08. The number of benzene rings is 1. The Labute approximate surface area is 203 Å². The molecule has 1 aliphatic rings. The van der Waals surface area contributed by atoms with Crippen LogP contribution in [0.15, 0.2) is 60.6 Å².